The Labute approximate surface area is 77.2 Å². The molecule has 0 fully saturated rings. The molecule has 0 N–H and O–H groups in total. The lowest BCUT2D eigenvalue weighted by Crippen LogP contribution is -2.35. The zero-order valence-electron chi connectivity index (χ0n) is 8.60. The normalized spacial score (nSPS) is 10.6. The van der Waals surface area contributed by atoms with Crippen LogP contribution in [-0.2, 0) is 0 Å². The summed E-state index contributed by atoms with van der Waals surface area (Å²) in [5.74, 6) is 0.532. The Morgan fingerprint density at radius 3 is 2.25 bits per heavy atom. The molecule has 0 amide bonds. The highest BCUT2D eigenvalue weighted by Crippen LogP contribution is 2.04. The summed E-state index contributed by atoms with van der Waals surface area (Å²) in [5.41, 5.74) is 4.99. The van der Waals surface area contributed by atoms with Gasteiger partial charge < -0.3 is 0 Å². The van der Waals surface area contributed by atoms with Gasteiger partial charge in [-0.05, 0) is 11.5 Å². The van der Waals surface area contributed by atoms with Crippen LogP contribution in [0.5, 0.6) is 0 Å². The summed E-state index contributed by atoms with van der Waals surface area (Å²) in [6, 6.07) is 2.22. The van der Waals surface area contributed by atoms with E-state index >= 15 is 0 Å². The molecule has 60 valence electrons. The molecule has 0 unspecified atom stereocenters. The van der Waals surface area contributed by atoms with E-state index in [9.17, 15) is 0 Å². The van der Waals surface area contributed by atoms with Gasteiger partial charge >= 0.3 is 0 Å². The summed E-state index contributed by atoms with van der Waals surface area (Å²) in [4.78, 5) is 4.57. The molecule has 1 aromatic heterocycles. The van der Waals surface area contributed by atoms with Crippen LogP contribution >= 0.6 is 0 Å². The van der Waals surface area contributed by atoms with Gasteiger partial charge in [0, 0.05) is 5.69 Å². The van der Waals surface area contributed by atoms with Crippen molar-refractivity contribution in [2.75, 3.05) is 0 Å². The second-order valence-electron chi connectivity index (χ2n) is 3.75. The maximum Gasteiger partial charge on any atom is 0.163 e. The van der Waals surface area contributed by atoms with Crippen LogP contribution in [0.2, 0.25) is 0 Å². The lowest BCUT2D eigenvalue weighted by Gasteiger charge is -2.11. The zero-order chi connectivity index (χ0) is 9.30. The van der Waals surface area contributed by atoms with Crippen molar-refractivity contribution in [1.82, 2.24) is 4.98 Å². The molecule has 0 bridgehead atoms. The molecule has 0 aliphatic carbocycles. The third-order valence-electron chi connectivity index (χ3n) is 2.24. The number of rotatable bonds is 1. The van der Waals surface area contributed by atoms with E-state index in [1.54, 1.807) is 0 Å². The molecule has 0 aliphatic heterocycles. The minimum atomic E-state index is 0.532. The molecule has 4 heteroatoms. The average Bonchev–Trinajstić information content (AvgIpc) is 1.96. The van der Waals surface area contributed by atoms with Crippen molar-refractivity contribution < 1.29 is 0 Å². The van der Waals surface area contributed by atoms with Crippen molar-refractivity contribution in [2.24, 2.45) is 0 Å². The van der Waals surface area contributed by atoms with Gasteiger partial charge in [0.1, 0.15) is 15.7 Å². The van der Waals surface area contributed by atoms with E-state index in [0.717, 1.165) is 5.59 Å². The fraction of sp³-hybridized carbons (Fsp3) is 0.375. The van der Waals surface area contributed by atoms with Gasteiger partial charge in [-0.25, -0.2) is 0 Å². The molecular weight excluding hydrogens is 143 g/mol. The molecule has 1 heterocycles. The Hall–Kier alpha value is -0.655. The van der Waals surface area contributed by atoms with Gasteiger partial charge in [0.2, 0.25) is 0 Å². The highest BCUT2D eigenvalue weighted by Gasteiger charge is 2.05. The van der Waals surface area contributed by atoms with Crippen molar-refractivity contribution in [2.45, 2.75) is 19.8 Å². The van der Waals surface area contributed by atoms with E-state index in [1.807, 2.05) is 0 Å². The molecule has 1 nitrogen and oxygen atoms in total. The largest absolute Gasteiger partial charge is 0.270 e. The molecule has 0 aliphatic rings. The molecule has 0 aromatic carbocycles. The van der Waals surface area contributed by atoms with Crippen molar-refractivity contribution in [3.05, 3.63) is 11.8 Å². The van der Waals surface area contributed by atoms with Crippen LogP contribution in [0.25, 0.3) is 0 Å². The lowest BCUT2D eigenvalue weighted by molar-refractivity contribution is 0.836. The van der Waals surface area contributed by atoms with Crippen LogP contribution in [0.15, 0.2) is 6.07 Å². The fourth-order valence-corrected chi connectivity index (χ4v) is 1.44. The first kappa shape index (κ1) is 9.43. The second kappa shape index (κ2) is 3.38. The Morgan fingerprint density at radius 2 is 1.75 bits per heavy atom. The zero-order valence-corrected chi connectivity index (χ0v) is 8.60. The van der Waals surface area contributed by atoms with Crippen LogP contribution in [0.3, 0.4) is 0 Å². The Kier molecular flexibility index (Phi) is 2.66. The van der Waals surface area contributed by atoms with Crippen molar-refractivity contribution >= 4 is 40.1 Å². The highest BCUT2D eigenvalue weighted by atomic mass is 14.7. The van der Waals surface area contributed by atoms with Crippen LogP contribution in [0.1, 0.15) is 25.5 Å². The molecule has 1 aromatic rings. The number of aromatic nitrogens is 1. The van der Waals surface area contributed by atoms with E-state index in [1.165, 1.54) is 16.6 Å². The fourth-order valence-electron chi connectivity index (χ4n) is 1.44. The SMILES string of the molecule is Bc1cc(B)c(C(C)C)nc1B. The summed E-state index contributed by atoms with van der Waals surface area (Å²) in [6.07, 6.45) is 0. The van der Waals surface area contributed by atoms with Crippen LogP contribution in [0.4, 0.5) is 0 Å². The maximum atomic E-state index is 4.57. The average molecular weight is 157 g/mol. The van der Waals surface area contributed by atoms with Crippen molar-refractivity contribution in [3.8, 4) is 0 Å². The minimum absolute atomic E-state index is 0.532. The predicted octanol–water partition coefficient (Wildman–Crippen LogP) is -3.02. The monoisotopic (exact) mass is 157 g/mol. The first-order chi connectivity index (χ1) is 5.52. The Morgan fingerprint density at radius 1 is 1.17 bits per heavy atom. The van der Waals surface area contributed by atoms with E-state index < -0.39 is 0 Å². The molecule has 0 atom stereocenters. The molecule has 0 saturated carbocycles. The second-order valence-corrected chi connectivity index (χ2v) is 3.75. The standard InChI is InChI=1S/C8H14B3N/c1-4(2)7-5(9)3-6(10)8(11)12-7/h3-4H,9-11H2,1-2H3. The van der Waals surface area contributed by atoms with Gasteiger partial charge in [-0.2, -0.15) is 0 Å². The van der Waals surface area contributed by atoms with Crippen LogP contribution in [0, 0.1) is 0 Å². The topological polar surface area (TPSA) is 12.9 Å². The van der Waals surface area contributed by atoms with Gasteiger partial charge in [0.15, 0.2) is 7.85 Å². The first-order valence-electron chi connectivity index (χ1n) is 4.47. The quantitative estimate of drug-likeness (QED) is 0.395. The van der Waals surface area contributed by atoms with E-state index in [-0.39, 0.29) is 0 Å². The summed E-state index contributed by atoms with van der Waals surface area (Å²) >= 11 is 0. The number of hydrogen-bond acceptors (Lipinski definition) is 1. The van der Waals surface area contributed by atoms with Crippen LogP contribution in [-0.4, -0.2) is 28.5 Å². The molecular formula is C8H14B3N. The summed E-state index contributed by atoms with van der Waals surface area (Å²) in [6.45, 7) is 4.37. The number of hydrogen-bond donors (Lipinski definition) is 0. The van der Waals surface area contributed by atoms with Crippen molar-refractivity contribution in [3.63, 3.8) is 0 Å². The Bertz CT molecular complexity index is 297. The van der Waals surface area contributed by atoms with Gasteiger partial charge in [0.25, 0.3) is 0 Å². The van der Waals surface area contributed by atoms with Gasteiger partial charge in [-0.3, -0.25) is 4.98 Å². The molecule has 0 radical (unpaired) electrons. The highest BCUT2D eigenvalue weighted by molar-refractivity contribution is 6.49. The molecule has 0 spiro atoms. The molecule has 1 rings (SSSR count). The lowest BCUT2D eigenvalue weighted by atomic mass is 9.79. The van der Waals surface area contributed by atoms with Gasteiger partial charge in [-0.1, -0.05) is 30.8 Å². The predicted molar refractivity (Wildman–Crippen MR) is 62.9 cm³/mol. The van der Waals surface area contributed by atoms with E-state index in [0.29, 0.717) is 5.92 Å². The molecule has 12 heavy (non-hydrogen) atoms. The van der Waals surface area contributed by atoms with Gasteiger partial charge in [-0.15, -0.1) is 0 Å². The summed E-state index contributed by atoms with van der Waals surface area (Å²) < 4.78 is 0. The Balaban J connectivity index is 3.23. The third kappa shape index (κ3) is 1.74. The summed E-state index contributed by atoms with van der Waals surface area (Å²) in [7, 11) is 6.31. The van der Waals surface area contributed by atoms with Gasteiger partial charge in [0.05, 0.1) is 0 Å². The smallest absolute Gasteiger partial charge is 0.163 e. The van der Waals surface area contributed by atoms with E-state index in [2.05, 4.69) is 48.4 Å². The number of nitrogens with zero attached hydrogens (tertiary/aromatic N) is 1. The first-order valence-corrected chi connectivity index (χ1v) is 4.47. The van der Waals surface area contributed by atoms with Crippen molar-refractivity contribution in [1.29, 1.82) is 0 Å². The minimum Gasteiger partial charge on any atom is -0.270 e. The maximum absolute atomic E-state index is 4.57. The summed E-state index contributed by atoms with van der Waals surface area (Å²) in [5, 5.41) is 0. The number of pyridine rings is 1. The third-order valence-corrected chi connectivity index (χ3v) is 2.24. The van der Waals surface area contributed by atoms with E-state index in [4.69, 9.17) is 0 Å². The van der Waals surface area contributed by atoms with Crippen LogP contribution < -0.4 is 16.5 Å². The molecule has 0 saturated heterocycles.